The molecule has 0 unspecified atom stereocenters. The van der Waals surface area contributed by atoms with Gasteiger partial charge in [0.25, 0.3) is 5.91 Å². The normalized spacial score (nSPS) is 13.8. The molecule has 1 aliphatic heterocycles. The average molecular weight is 545 g/mol. The molecule has 5 rings (SSSR count). The van der Waals surface area contributed by atoms with Crippen LogP contribution in [0.4, 0.5) is 10.5 Å². The molecule has 1 saturated heterocycles. The summed E-state index contributed by atoms with van der Waals surface area (Å²) < 4.78 is 31.5. The number of carbonyl (C=O) groups excluding carboxylic acids is 2. The number of hydrogen-bond donors (Lipinski definition) is 1. The van der Waals surface area contributed by atoms with Gasteiger partial charge in [0, 0.05) is 55.1 Å². The van der Waals surface area contributed by atoms with Gasteiger partial charge in [-0.2, -0.15) is 0 Å². The van der Waals surface area contributed by atoms with Crippen molar-refractivity contribution in [2.45, 2.75) is 10.6 Å². The Bertz CT molecular complexity index is 1610. The highest BCUT2D eigenvalue weighted by atomic mass is 32.2. The maximum Gasteiger partial charge on any atom is 0.321 e. The molecule has 3 aromatic carbocycles. The number of amides is 3. The second-order valence-electron chi connectivity index (χ2n) is 9.23. The lowest BCUT2D eigenvalue weighted by molar-refractivity contribution is 0.0671. The Morgan fingerprint density at radius 1 is 0.897 bits per heavy atom. The van der Waals surface area contributed by atoms with E-state index in [0.29, 0.717) is 54.3 Å². The Morgan fingerprint density at radius 2 is 1.59 bits per heavy atom. The van der Waals surface area contributed by atoms with Gasteiger partial charge in [-0.15, -0.1) is 0 Å². The number of aromatic nitrogens is 1. The zero-order valence-electron chi connectivity index (χ0n) is 21.4. The number of nitrogens with one attached hydrogen (secondary N) is 1. The molecule has 0 spiro atoms. The number of urea groups is 1. The molecule has 2 heterocycles. The third-order valence-corrected chi connectivity index (χ3v) is 8.38. The monoisotopic (exact) mass is 544 g/mol. The highest BCUT2D eigenvalue weighted by Crippen LogP contribution is 2.24. The van der Waals surface area contributed by atoms with Crippen molar-refractivity contribution in [2.24, 2.45) is 0 Å². The van der Waals surface area contributed by atoms with Crippen LogP contribution in [-0.4, -0.2) is 68.4 Å². The Balaban J connectivity index is 1.19. The summed E-state index contributed by atoms with van der Waals surface area (Å²) in [4.78, 5) is 33.5. The fraction of sp³-hybridized carbons (Fsp3) is 0.207. The number of anilines is 1. The van der Waals surface area contributed by atoms with Crippen LogP contribution in [0.3, 0.4) is 0 Å². The van der Waals surface area contributed by atoms with Crippen molar-refractivity contribution in [3.05, 3.63) is 96.2 Å². The second-order valence-corrected chi connectivity index (χ2v) is 11.2. The standard InChI is InChI=1S/C29H28N4O5S/c1-38-25-8-3-7-24(19-25)31-29(35)33-17-15-32(16-18-33)28(34)23-12-10-21(11-13-23)20-39(36,37)26-9-2-5-22-6-4-14-30-27(22)26/h2-14,19H,15-18,20H2,1H3,(H,31,35). The predicted octanol–water partition coefficient (Wildman–Crippen LogP) is 4.21. The number of hydrogen-bond acceptors (Lipinski definition) is 6. The first-order chi connectivity index (χ1) is 18.8. The zero-order valence-corrected chi connectivity index (χ0v) is 22.2. The Labute approximate surface area is 226 Å². The molecule has 0 bridgehead atoms. The molecule has 1 aliphatic rings. The molecule has 1 aromatic heterocycles. The number of rotatable bonds is 6. The van der Waals surface area contributed by atoms with Crippen LogP contribution in [0.5, 0.6) is 5.75 Å². The first kappa shape index (κ1) is 26.2. The highest BCUT2D eigenvalue weighted by molar-refractivity contribution is 7.90. The summed E-state index contributed by atoms with van der Waals surface area (Å²) >= 11 is 0. The molecular formula is C29H28N4O5S. The van der Waals surface area contributed by atoms with Crippen molar-refractivity contribution in [1.82, 2.24) is 14.8 Å². The van der Waals surface area contributed by atoms with Crippen molar-refractivity contribution >= 4 is 38.4 Å². The Hall–Kier alpha value is -4.44. The van der Waals surface area contributed by atoms with Crippen LogP contribution in [0.25, 0.3) is 10.9 Å². The van der Waals surface area contributed by atoms with Gasteiger partial charge in [-0.3, -0.25) is 9.78 Å². The molecule has 0 radical (unpaired) electrons. The quantitative estimate of drug-likeness (QED) is 0.390. The van der Waals surface area contributed by atoms with E-state index < -0.39 is 9.84 Å². The van der Waals surface area contributed by atoms with Gasteiger partial charge in [0.15, 0.2) is 9.84 Å². The lowest BCUT2D eigenvalue weighted by Crippen LogP contribution is -2.51. The summed E-state index contributed by atoms with van der Waals surface area (Å²) in [7, 11) is -2.08. The molecule has 0 aliphatic carbocycles. The molecule has 4 aromatic rings. The topological polar surface area (TPSA) is 109 Å². The molecule has 0 atom stereocenters. The van der Waals surface area contributed by atoms with Gasteiger partial charge < -0.3 is 19.9 Å². The van der Waals surface area contributed by atoms with E-state index in [2.05, 4.69) is 10.3 Å². The maximum atomic E-state index is 13.2. The number of nitrogens with zero attached hydrogens (tertiary/aromatic N) is 3. The molecule has 3 amide bonds. The molecule has 0 saturated carbocycles. The first-order valence-electron chi connectivity index (χ1n) is 12.5. The van der Waals surface area contributed by atoms with Gasteiger partial charge in [-0.05, 0) is 42.0 Å². The molecule has 39 heavy (non-hydrogen) atoms. The van der Waals surface area contributed by atoms with Crippen LogP contribution in [0, 0.1) is 0 Å². The summed E-state index contributed by atoms with van der Waals surface area (Å²) in [5, 5.41) is 3.62. The van der Waals surface area contributed by atoms with E-state index in [4.69, 9.17) is 4.74 Å². The first-order valence-corrected chi connectivity index (χ1v) is 14.1. The van der Waals surface area contributed by atoms with Crippen LogP contribution in [0.1, 0.15) is 15.9 Å². The van der Waals surface area contributed by atoms with Crippen LogP contribution in [0.2, 0.25) is 0 Å². The van der Waals surface area contributed by atoms with Gasteiger partial charge in [-0.25, -0.2) is 13.2 Å². The Kier molecular flexibility index (Phi) is 7.47. The minimum atomic E-state index is -3.64. The number of carbonyl (C=O) groups is 2. The van der Waals surface area contributed by atoms with Crippen LogP contribution >= 0.6 is 0 Å². The molecular weight excluding hydrogens is 516 g/mol. The number of sulfone groups is 1. The molecule has 1 fully saturated rings. The van der Waals surface area contributed by atoms with Gasteiger partial charge in [-0.1, -0.05) is 36.4 Å². The minimum absolute atomic E-state index is 0.157. The van der Waals surface area contributed by atoms with Gasteiger partial charge in [0.1, 0.15) is 5.75 Å². The van der Waals surface area contributed by atoms with Crippen molar-refractivity contribution in [3.63, 3.8) is 0 Å². The van der Waals surface area contributed by atoms with E-state index in [0.717, 1.165) is 5.39 Å². The van der Waals surface area contributed by atoms with E-state index >= 15 is 0 Å². The van der Waals surface area contributed by atoms with Crippen molar-refractivity contribution in [1.29, 1.82) is 0 Å². The number of pyridine rings is 1. The fourth-order valence-electron chi connectivity index (χ4n) is 4.57. The largest absolute Gasteiger partial charge is 0.497 e. The summed E-state index contributed by atoms with van der Waals surface area (Å²) in [5.74, 6) is 0.297. The minimum Gasteiger partial charge on any atom is -0.497 e. The fourth-order valence-corrected chi connectivity index (χ4v) is 6.10. The number of methoxy groups -OCH3 is 1. The maximum absolute atomic E-state index is 13.2. The zero-order chi connectivity index (χ0) is 27.4. The molecule has 1 N–H and O–H groups in total. The summed E-state index contributed by atoms with van der Waals surface area (Å²) in [6, 6.07) is 22.2. The Morgan fingerprint density at radius 3 is 2.33 bits per heavy atom. The third-order valence-electron chi connectivity index (χ3n) is 6.66. The van der Waals surface area contributed by atoms with E-state index in [1.807, 2.05) is 12.1 Å². The van der Waals surface area contributed by atoms with Gasteiger partial charge >= 0.3 is 6.03 Å². The molecule has 9 nitrogen and oxygen atoms in total. The van der Waals surface area contributed by atoms with Crippen molar-refractivity contribution < 1.29 is 22.7 Å². The van der Waals surface area contributed by atoms with Gasteiger partial charge in [0.05, 0.1) is 23.3 Å². The van der Waals surface area contributed by atoms with E-state index in [1.54, 1.807) is 89.8 Å². The van der Waals surface area contributed by atoms with Gasteiger partial charge in [0.2, 0.25) is 0 Å². The summed E-state index contributed by atoms with van der Waals surface area (Å²) in [6.07, 6.45) is 1.58. The van der Waals surface area contributed by atoms with E-state index in [-0.39, 0.29) is 22.6 Å². The summed E-state index contributed by atoms with van der Waals surface area (Å²) in [6.45, 7) is 1.59. The number of para-hydroxylation sites is 1. The molecule has 200 valence electrons. The number of ether oxygens (including phenoxy) is 1. The average Bonchev–Trinajstić information content (AvgIpc) is 2.97. The smallest absolute Gasteiger partial charge is 0.321 e. The molecule has 10 heteroatoms. The number of benzene rings is 3. The van der Waals surface area contributed by atoms with Crippen LogP contribution < -0.4 is 10.1 Å². The van der Waals surface area contributed by atoms with Crippen molar-refractivity contribution in [3.8, 4) is 5.75 Å². The van der Waals surface area contributed by atoms with E-state index in [9.17, 15) is 18.0 Å². The predicted molar refractivity (Wildman–Crippen MR) is 149 cm³/mol. The van der Waals surface area contributed by atoms with Crippen LogP contribution in [-0.2, 0) is 15.6 Å². The number of fused-ring (bicyclic) bond motifs is 1. The number of piperazine rings is 1. The van der Waals surface area contributed by atoms with Crippen molar-refractivity contribution in [2.75, 3.05) is 38.6 Å². The van der Waals surface area contributed by atoms with E-state index in [1.165, 1.54) is 0 Å². The summed E-state index contributed by atoms with van der Waals surface area (Å²) in [5.41, 5.74) is 2.13. The second kappa shape index (κ2) is 11.1. The third kappa shape index (κ3) is 5.85. The highest BCUT2D eigenvalue weighted by Gasteiger charge is 2.25. The SMILES string of the molecule is COc1cccc(NC(=O)N2CCN(C(=O)c3ccc(CS(=O)(=O)c4cccc5cccnc45)cc3)CC2)c1. The lowest BCUT2D eigenvalue weighted by atomic mass is 10.1. The lowest BCUT2D eigenvalue weighted by Gasteiger charge is -2.34. The van der Waals surface area contributed by atoms with Crippen LogP contribution in [0.15, 0.2) is 90.0 Å².